The van der Waals surface area contributed by atoms with Gasteiger partial charge >= 0.3 is 0 Å². The minimum atomic E-state index is -0.387. The maximum atomic E-state index is 12.3. The lowest BCUT2D eigenvalue weighted by Crippen LogP contribution is -2.52. The van der Waals surface area contributed by atoms with Crippen molar-refractivity contribution in [2.24, 2.45) is 5.73 Å². The molecule has 0 aromatic carbocycles. The van der Waals surface area contributed by atoms with Crippen LogP contribution in [0.4, 0.5) is 0 Å². The first-order valence-electron chi connectivity index (χ1n) is 7.68. The molecule has 2 atom stereocenters. The van der Waals surface area contributed by atoms with Gasteiger partial charge in [0, 0.05) is 18.8 Å². The van der Waals surface area contributed by atoms with Gasteiger partial charge in [-0.3, -0.25) is 9.48 Å². The molecule has 0 aliphatic carbocycles. The molecule has 1 saturated heterocycles. The summed E-state index contributed by atoms with van der Waals surface area (Å²) >= 11 is 0. The van der Waals surface area contributed by atoms with E-state index in [9.17, 15) is 4.79 Å². The summed E-state index contributed by atoms with van der Waals surface area (Å²) in [5.41, 5.74) is 8.05. The molecule has 21 heavy (non-hydrogen) atoms. The number of carbonyl (C=O) groups excluding carboxylic acids is 1. The lowest BCUT2D eigenvalue weighted by atomic mass is 10.1. The first kappa shape index (κ1) is 16.0. The SMILES string of the molecule is CCCC(N)C(=O)N1CCOC(Cn2nc(C)cc2C)C1. The third kappa shape index (κ3) is 4.04. The Morgan fingerprint density at radius 2 is 2.33 bits per heavy atom. The number of aryl methyl sites for hydroxylation is 2. The average Bonchev–Trinajstić information content (AvgIpc) is 2.76. The Labute approximate surface area is 126 Å². The Morgan fingerprint density at radius 1 is 1.57 bits per heavy atom. The Hall–Kier alpha value is -1.40. The van der Waals surface area contributed by atoms with Gasteiger partial charge in [-0.1, -0.05) is 13.3 Å². The molecule has 6 heteroatoms. The Bertz CT molecular complexity index is 486. The van der Waals surface area contributed by atoms with Crippen molar-refractivity contribution in [3.05, 3.63) is 17.5 Å². The number of nitrogens with two attached hydrogens (primary N) is 1. The zero-order valence-corrected chi connectivity index (χ0v) is 13.2. The molecule has 1 fully saturated rings. The molecule has 2 heterocycles. The zero-order valence-electron chi connectivity index (χ0n) is 13.2. The molecule has 2 N–H and O–H groups in total. The van der Waals surface area contributed by atoms with Crippen LogP contribution in [0.15, 0.2) is 6.07 Å². The van der Waals surface area contributed by atoms with Gasteiger partial charge in [-0.15, -0.1) is 0 Å². The van der Waals surface area contributed by atoms with Crippen LogP contribution in [0.3, 0.4) is 0 Å². The van der Waals surface area contributed by atoms with E-state index in [4.69, 9.17) is 10.5 Å². The number of rotatable bonds is 5. The van der Waals surface area contributed by atoms with Gasteiger partial charge in [0.25, 0.3) is 0 Å². The van der Waals surface area contributed by atoms with E-state index >= 15 is 0 Å². The van der Waals surface area contributed by atoms with Crippen LogP contribution in [0.1, 0.15) is 31.2 Å². The van der Waals surface area contributed by atoms with Gasteiger partial charge in [0.05, 0.1) is 31.0 Å². The summed E-state index contributed by atoms with van der Waals surface area (Å²) in [4.78, 5) is 14.1. The number of nitrogens with zero attached hydrogens (tertiary/aromatic N) is 3. The van der Waals surface area contributed by atoms with Crippen molar-refractivity contribution in [2.75, 3.05) is 19.7 Å². The topological polar surface area (TPSA) is 73.4 Å². The quantitative estimate of drug-likeness (QED) is 0.874. The molecule has 2 rings (SSSR count). The van der Waals surface area contributed by atoms with Crippen molar-refractivity contribution >= 4 is 5.91 Å². The van der Waals surface area contributed by atoms with E-state index in [2.05, 4.69) is 5.10 Å². The second-order valence-electron chi connectivity index (χ2n) is 5.78. The Morgan fingerprint density at radius 3 is 2.95 bits per heavy atom. The Kier molecular flexibility index (Phi) is 5.36. The second-order valence-corrected chi connectivity index (χ2v) is 5.78. The first-order valence-corrected chi connectivity index (χ1v) is 7.68. The van der Waals surface area contributed by atoms with Crippen LogP contribution in [-0.4, -0.2) is 52.4 Å². The summed E-state index contributed by atoms with van der Waals surface area (Å²) in [7, 11) is 0. The molecule has 6 nitrogen and oxygen atoms in total. The number of hydrogen-bond acceptors (Lipinski definition) is 4. The number of hydrogen-bond donors (Lipinski definition) is 1. The van der Waals surface area contributed by atoms with Crippen LogP contribution in [-0.2, 0) is 16.1 Å². The van der Waals surface area contributed by atoms with Crippen molar-refractivity contribution in [2.45, 2.75) is 52.3 Å². The summed E-state index contributed by atoms with van der Waals surface area (Å²) in [6.45, 7) is 8.51. The van der Waals surface area contributed by atoms with Gasteiger partial charge < -0.3 is 15.4 Å². The van der Waals surface area contributed by atoms with Gasteiger partial charge in [-0.2, -0.15) is 5.10 Å². The average molecular weight is 294 g/mol. The van der Waals surface area contributed by atoms with Crippen LogP contribution in [0.5, 0.6) is 0 Å². The second kappa shape index (κ2) is 7.04. The van der Waals surface area contributed by atoms with E-state index < -0.39 is 0 Å². The summed E-state index contributed by atoms with van der Waals surface area (Å²) in [5, 5.41) is 4.45. The standard InChI is InChI=1S/C15H26N4O2/c1-4-5-14(16)15(20)18-6-7-21-13(9-18)10-19-12(3)8-11(2)17-19/h8,13-14H,4-7,9-10,16H2,1-3H3. The first-order chi connectivity index (χ1) is 10.0. The third-order valence-corrected chi connectivity index (χ3v) is 3.85. The fraction of sp³-hybridized carbons (Fsp3) is 0.733. The molecular weight excluding hydrogens is 268 g/mol. The van der Waals surface area contributed by atoms with E-state index in [0.717, 1.165) is 24.2 Å². The lowest BCUT2D eigenvalue weighted by molar-refractivity contribution is -0.140. The van der Waals surface area contributed by atoms with Crippen molar-refractivity contribution in [3.8, 4) is 0 Å². The smallest absolute Gasteiger partial charge is 0.239 e. The molecule has 1 amide bonds. The summed E-state index contributed by atoms with van der Waals surface area (Å²) in [6, 6.07) is 1.66. The van der Waals surface area contributed by atoms with Gasteiger partial charge in [-0.25, -0.2) is 0 Å². The highest BCUT2D eigenvalue weighted by atomic mass is 16.5. The van der Waals surface area contributed by atoms with Crippen LogP contribution in [0.25, 0.3) is 0 Å². The molecule has 0 saturated carbocycles. The van der Waals surface area contributed by atoms with E-state index in [1.165, 1.54) is 0 Å². The lowest BCUT2D eigenvalue weighted by Gasteiger charge is -2.34. The highest BCUT2D eigenvalue weighted by molar-refractivity contribution is 5.81. The van der Waals surface area contributed by atoms with Gasteiger partial charge in [0.1, 0.15) is 0 Å². The van der Waals surface area contributed by atoms with Crippen molar-refractivity contribution in [1.82, 2.24) is 14.7 Å². The number of morpholine rings is 1. The molecule has 118 valence electrons. The molecular formula is C15H26N4O2. The molecule has 1 aromatic rings. The molecule has 1 aliphatic heterocycles. The van der Waals surface area contributed by atoms with Crippen LogP contribution >= 0.6 is 0 Å². The zero-order chi connectivity index (χ0) is 15.4. The Balaban J connectivity index is 1.94. The fourth-order valence-electron chi connectivity index (χ4n) is 2.75. The van der Waals surface area contributed by atoms with E-state index in [1.54, 1.807) is 0 Å². The summed E-state index contributed by atoms with van der Waals surface area (Å²) in [5.74, 6) is 0.0403. The molecule has 1 aromatic heterocycles. The molecule has 0 bridgehead atoms. The highest BCUT2D eigenvalue weighted by Gasteiger charge is 2.27. The number of carbonyl (C=O) groups is 1. The molecule has 1 aliphatic rings. The fourth-order valence-corrected chi connectivity index (χ4v) is 2.75. The van der Waals surface area contributed by atoms with Crippen LogP contribution < -0.4 is 5.73 Å². The maximum Gasteiger partial charge on any atom is 0.239 e. The minimum absolute atomic E-state index is 0.0190. The summed E-state index contributed by atoms with van der Waals surface area (Å²) in [6.07, 6.45) is 1.64. The van der Waals surface area contributed by atoms with Crippen LogP contribution in [0.2, 0.25) is 0 Å². The number of amides is 1. The molecule has 2 unspecified atom stereocenters. The monoisotopic (exact) mass is 294 g/mol. The third-order valence-electron chi connectivity index (χ3n) is 3.85. The van der Waals surface area contributed by atoms with E-state index in [-0.39, 0.29) is 18.1 Å². The van der Waals surface area contributed by atoms with Crippen molar-refractivity contribution < 1.29 is 9.53 Å². The van der Waals surface area contributed by atoms with Gasteiger partial charge in [0.15, 0.2) is 0 Å². The van der Waals surface area contributed by atoms with Crippen LogP contribution in [0, 0.1) is 13.8 Å². The van der Waals surface area contributed by atoms with Crippen molar-refractivity contribution in [1.29, 1.82) is 0 Å². The van der Waals surface area contributed by atoms with Gasteiger partial charge in [0.2, 0.25) is 5.91 Å². The van der Waals surface area contributed by atoms with E-state index in [0.29, 0.717) is 26.2 Å². The minimum Gasteiger partial charge on any atom is -0.373 e. The predicted octanol–water partition coefficient (Wildman–Crippen LogP) is 0.855. The molecule has 0 spiro atoms. The molecule has 0 radical (unpaired) electrons. The maximum absolute atomic E-state index is 12.3. The number of ether oxygens (including phenoxy) is 1. The number of aromatic nitrogens is 2. The highest BCUT2D eigenvalue weighted by Crippen LogP contribution is 2.12. The van der Waals surface area contributed by atoms with E-state index in [1.807, 2.05) is 36.4 Å². The summed E-state index contributed by atoms with van der Waals surface area (Å²) < 4.78 is 7.72. The van der Waals surface area contributed by atoms with Crippen molar-refractivity contribution in [3.63, 3.8) is 0 Å². The predicted molar refractivity (Wildman–Crippen MR) is 80.9 cm³/mol. The largest absolute Gasteiger partial charge is 0.373 e. The van der Waals surface area contributed by atoms with Gasteiger partial charge in [-0.05, 0) is 26.3 Å². The normalized spacial score (nSPS) is 20.6.